The highest BCUT2D eigenvalue weighted by atomic mass is 19.1. The van der Waals surface area contributed by atoms with Crippen molar-refractivity contribution in [3.8, 4) is 0 Å². The summed E-state index contributed by atoms with van der Waals surface area (Å²) in [4.78, 5) is 11.3. The van der Waals surface area contributed by atoms with Gasteiger partial charge in [-0.15, -0.1) is 0 Å². The first kappa shape index (κ1) is 13.2. The van der Waals surface area contributed by atoms with Gasteiger partial charge in [0.2, 0.25) is 0 Å². The van der Waals surface area contributed by atoms with Gasteiger partial charge in [-0.3, -0.25) is 0 Å². The Labute approximate surface area is 120 Å². The molecule has 0 unspecified atom stereocenters. The molecule has 0 fully saturated rings. The summed E-state index contributed by atoms with van der Waals surface area (Å²) >= 11 is 0. The van der Waals surface area contributed by atoms with Crippen molar-refractivity contribution in [2.45, 2.75) is 6.54 Å². The topological polar surface area (TPSA) is 68.2 Å². The van der Waals surface area contributed by atoms with Gasteiger partial charge in [0.05, 0.1) is 11.1 Å². The van der Waals surface area contributed by atoms with Crippen LogP contribution >= 0.6 is 0 Å². The van der Waals surface area contributed by atoms with E-state index in [0.29, 0.717) is 23.0 Å². The third kappa shape index (κ3) is 2.23. The van der Waals surface area contributed by atoms with Crippen molar-refractivity contribution < 1.29 is 14.3 Å². The van der Waals surface area contributed by atoms with Gasteiger partial charge in [0.15, 0.2) is 0 Å². The summed E-state index contributed by atoms with van der Waals surface area (Å²) < 4.78 is 15.5. The normalized spacial score (nSPS) is 10.9. The minimum atomic E-state index is -1.06. The molecule has 0 atom stereocenters. The van der Waals surface area contributed by atoms with Crippen molar-refractivity contribution in [2.24, 2.45) is 0 Å². The highest BCUT2D eigenvalue weighted by molar-refractivity contribution is 5.95. The number of carboxylic acids is 1. The van der Waals surface area contributed by atoms with E-state index in [0.717, 1.165) is 0 Å². The number of aromatic carboxylic acids is 1. The maximum atomic E-state index is 13.7. The summed E-state index contributed by atoms with van der Waals surface area (Å²) in [6, 6.07) is 11.5. The average molecular weight is 284 g/mol. The standard InChI is InChI=1S/C16H13FN2O2/c17-12-4-2-6-14-11(12)7-8-19(14)9-10-3-1-5-13(18)15(10)16(20)21/h1-8H,9,18H2,(H,20,21). The minimum Gasteiger partial charge on any atom is -0.478 e. The van der Waals surface area contributed by atoms with E-state index in [1.54, 1.807) is 47.2 Å². The first-order valence-electron chi connectivity index (χ1n) is 6.42. The number of carboxylic acid groups (broad SMARTS) is 1. The van der Waals surface area contributed by atoms with Crippen LogP contribution in [0.25, 0.3) is 10.9 Å². The number of aromatic nitrogens is 1. The third-order valence-corrected chi connectivity index (χ3v) is 3.50. The molecule has 4 nitrogen and oxygen atoms in total. The van der Waals surface area contributed by atoms with Gasteiger partial charge in [-0.2, -0.15) is 0 Å². The van der Waals surface area contributed by atoms with Crippen LogP contribution in [0.1, 0.15) is 15.9 Å². The zero-order chi connectivity index (χ0) is 15.0. The Hall–Kier alpha value is -2.82. The zero-order valence-corrected chi connectivity index (χ0v) is 11.1. The summed E-state index contributed by atoms with van der Waals surface area (Å²) in [5, 5.41) is 9.80. The molecule has 1 heterocycles. The molecule has 2 aromatic carbocycles. The molecular formula is C16H13FN2O2. The number of fused-ring (bicyclic) bond motifs is 1. The maximum absolute atomic E-state index is 13.7. The summed E-state index contributed by atoms with van der Waals surface area (Å²) in [5.41, 5.74) is 7.36. The Morgan fingerprint density at radius 1 is 1.19 bits per heavy atom. The second kappa shape index (κ2) is 4.94. The van der Waals surface area contributed by atoms with Crippen molar-refractivity contribution in [1.29, 1.82) is 0 Å². The van der Waals surface area contributed by atoms with Crippen LogP contribution in [0.15, 0.2) is 48.7 Å². The molecular weight excluding hydrogens is 271 g/mol. The predicted octanol–water partition coefficient (Wildman–Crippen LogP) is 3.11. The number of hydrogen-bond acceptors (Lipinski definition) is 2. The Bertz CT molecular complexity index is 839. The lowest BCUT2D eigenvalue weighted by Crippen LogP contribution is -2.09. The van der Waals surface area contributed by atoms with Gasteiger partial charge in [0, 0.05) is 23.8 Å². The molecule has 21 heavy (non-hydrogen) atoms. The van der Waals surface area contributed by atoms with Gasteiger partial charge in [-0.25, -0.2) is 9.18 Å². The Kier molecular flexibility index (Phi) is 3.10. The number of hydrogen-bond donors (Lipinski definition) is 2. The quantitative estimate of drug-likeness (QED) is 0.726. The van der Waals surface area contributed by atoms with Crippen LogP contribution in [-0.4, -0.2) is 15.6 Å². The average Bonchev–Trinajstić information content (AvgIpc) is 2.83. The molecule has 0 saturated carbocycles. The van der Waals surface area contributed by atoms with Gasteiger partial charge < -0.3 is 15.4 Å². The molecule has 3 rings (SSSR count). The van der Waals surface area contributed by atoms with Crippen LogP contribution in [0.3, 0.4) is 0 Å². The Morgan fingerprint density at radius 3 is 2.71 bits per heavy atom. The second-order valence-corrected chi connectivity index (χ2v) is 4.80. The molecule has 0 aliphatic rings. The number of halogens is 1. The van der Waals surface area contributed by atoms with E-state index < -0.39 is 5.97 Å². The first-order valence-corrected chi connectivity index (χ1v) is 6.42. The third-order valence-electron chi connectivity index (χ3n) is 3.50. The lowest BCUT2D eigenvalue weighted by molar-refractivity contribution is 0.0697. The number of nitrogens with zero attached hydrogens (tertiary/aromatic N) is 1. The Balaban J connectivity index is 2.10. The molecule has 5 heteroatoms. The summed E-state index contributed by atoms with van der Waals surface area (Å²) in [5.74, 6) is -1.36. The highest BCUT2D eigenvalue weighted by Gasteiger charge is 2.14. The fourth-order valence-electron chi connectivity index (χ4n) is 2.52. The lowest BCUT2D eigenvalue weighted by Gasteiger charge is -2.10. The maximum Gasteiger partial charge on any atom is 0.338 e. The predicted molar refractivity (Wildman–Crippen MR) is 78.8 cm³/mol. The van der Waals surface area contributed by atoms with Crippen molar-refractivity contribution in [2.75, 3.05) is 5.73 Å². The number of nitrogen functional groups attached to an aromatic ring is 1. The van der Waals surface area contributed by atoms with Gasteiger partial charge in [-0.05, 0) is 29.8 Å². The molecule has 0 bridgehead atoms. The van der Waals surface area contributed by atoms with Crippen molar-refractivity contribution in [3.63, 3.8) is 0 Å². The zero-order valence-electron chi connectivity index (χ0n) is 11.1. The lowest BCUT2D eigenvalue weighted by atomic mass is 10.1. The number of benzene rings is 2. The van der Waals surface area contributed by atoms with Gasteiger partial charge >= 0.3 is 5.97 Å². The molecule has 0 radical (unpaired) electrons. The van der Waals surface area contributed by atoms with E-state index in [4.69, 9.17) is 5.73 Å². The molecule has 3 aromatic rings. The van der Waals surface area contributed by atoms with E-state index in [1.165, 1.54) is 6.07 Å². The monoisotopic (exact) mass is 284 g/mol. The van der Waals surface area contributed by atoms with E-state index in [9.17, 15) is 14.3 Å². The summed E-state index contributed by atoms with van der Waals surface area (Å²) in [6.45, 7) is 0.319. The number of nitrogens with two attached hydrogens (primary N) is 1. The molecule has 3 N–H and O–H groups in total. The number of rotatable bonds is 3. The van der Waals surface area contributed by atoms with Crippen molar-refractivity contribution in [1.82, 2.24) is 4.57 Å². The SMILES string of the molecule is Nc1cccc(Cn2ccc3c(F)cccc32)c1C(=O)O. The molecule has 0 saturated heterocycles. The van der Waals surface area contributed by atoms with Crippen LogP contribution in [0.2, 0.25) is 0 Å². The van der Waals surface area contributed by atoms with Gasteiger partial charge in [-0.1, -0.05) is 18.2 Å². The van der Waals surface area contributed by atoms with Crippen LogP contribution < -0.4 is 5.73 Å². The smallest absolute Gasteiger partial charge is 0.338 e. The number of carbonyl (C=O) groups is 1. The van der Waals surface area contributed by atoms with Gasteiger partial charge in [0.1, 0.15) is 5.82 Å². The van der Waals surface area contributed by atoms with Crippen molar-refractivity contribution in [3.05, 3.63) is 65.6 Å². The minimum absolute atomic E-state index is 0.0933. The second-order valence-electron chi connectivity index (χ2n) is 4.80. The first-order chi connectivity index (χ1) is 10.1. The summed E-state index contributed by atoms with van der Waals surface area (Å²) in [7, 11) is 0. The molecule has 106 valence electrons. The molecule has 0 amide bonds. The molecule has 0 aliphatic heterocycles. The Morgan fingerprint density at radius 2 is 1.95 bits per heavy atom. The highest BCUT2D eigenvalue weighted by Crippen LogP contribution is 2.23. The van der Waals surface area contributed by atoms with Gasteiger partial charge in [0.25, 0.3) is 0 Å². The van der Waals surface area contributed by atoms with Crippen LogP contribution in [-0.2, 0) is 6.54 Å². The fourth-order valence-corrected chi connectivity index (χ4v) is 2.52. The number of anilines is 1. The van der Waals surface area contributed by atoms with E-state index in [-0.39, 0.29) is 17.1 Å². The van der Waals surface area contributed by atoms with Crippen LogP contribution in [0.4, 0.5) is 10.1 Å². The van der Waals surface area contributed by atoms with E-state index in [2.05, 4.69) is 0 Å². The fraction of sp³-hybridized carbons (Fsp3) is 0.0625. The summed E-state index contributed by atoms with van der Waals surface area (Å²) in [6.07, 6.45) is 1.74. The molecule has 0 spiro atoms. The molecule has 1 aromatic heterocycles. The van der Waals surface area contributed by atoms with E-state index >= 15 is 0 Å². The largest absolute Gasteiger partial charge is 0.478 e. The molecule has 0 aliphatic carbocycles. The van der Waals surface area contributed by atoms with Crippen LogP contribution in [0.5, 0.6) is 0 Å². The van der Waals surface area contributed by atoms with E-state index in [1.807, 2.05) is 0 Å². The van der Waals surface area contributed by atoms with Crippen molar-refractivity contribution >= 4 is 22.6 Å². The van der Waals surface area contributed by atoms with Crippen LogP contribution in [0, 0.1) is 5.82 Å².